The van der Waals surface area contributed by atoms with Gasteiger partial charge in [0.2, 0.25) is 0 Å². The molecule has 6 nitrogen and oxygen atoms in total. The van der Waals surface area contributed by atoms with Crippen molar-refractivity contribution >= 4 is 17.3 Å². The number of rotatable bonds is 8. The van der Waals surface area contributed by atoms with Gasteiger partial charge in [-0.2, -0.15) is 5.26 Å². The van der Waals surface area contributed by atoms with E-state index in [-0.39, 0.29) is 5.69 Å². The van der Waals surface area contributed by atoms with Crippen LogP contribution in [0, 0.1) is 21.4 Å². The zero-order valence-electron chi connectivity index (χ0n) is 11.2. The van der Waals surface area contributed by atoms with E-state index in [1.54, 1.807) is 19.2 Å². The summed E-state index contributed by atoms with van der Waals surface area (Å²) in [6.07, 6.45) is 0.349. The van der Waals surface area contributed by atoms with Crippen LogP contribution in [0.15, 0.2) is 18.2 Å². The summed E-state index contributed by atoms with van der Waals surface area (Å²) >= 11 is 6.06. The summed E-state index contributed by atoms with van der Waals surface area (Å²) < 4.78 is 5.01. The molecule has 0 N–H and O–H groups in total. The van der Waals surface area contributed by atoms with Gasteiger partial charge in [0, 0.05) is 39.2 Å². The van der Waals surface area contributed by atoms with Crippen molar-refractivity contribution < 1.29 is 9.66 Å². The Bertz CT molecular complexity index is 502. The molecule has 0 unspecified atom stereocenters. The number of nitrogens with zero attached hydrogens (tertiary/aromatic N) is 3. The summed E-state index contributed by atoms with van der Waals surface area (Å²) in [6.45, 7) is 1.91. The van der Waals surface area contributed by atoms with Crippen LogP contribution in [0.1, 0.15) is 12.0 Å². The van der Waals surface area contributed by atoms with Gasteiger partial charge in [-0.1, -0.05) is 17.7 Å². The van der Waals surface area contributed by atoms with Gasteiger partial charge in [0.15, 0.2) is 0 Å². The van der Waals surface area contributed by atoms with Crippen LogP contribution >= 0.6 is 11.6 Å². The Hall–Kier alpha value is -1.68. The monoisotopic (exact) mass is 297 g/mol. The number of hydrogen-bond acceptors (Lipinski definition) is 5. The second kappa shape index (κ2) is 8.48. The van der Waals surface area contributed by atoms with Crippen LogP contribution in [0.3, 0.4) is 0 Å². The molecule has 0 saturated heterocycles. The second-order valence-electron chi connectivity index (χ2n) is 4.17. The van der Waals surface area contributed by atoms with E-state index >= 15 is 0 Å². The molecule has 0 bridgehead atoms. The molecule has 20 heavy (non-hydrogen) atoms. The van der Waals surface area contributed by atoms with Gasteiger partial charge in [-0.15, -0.1) is 0 Å². The molecule has 0 aromatic heterocycles. The van der Waals surface area contributed by atoms with Crippen molar-refractivity contribution in [2.24, 2.45) is 0 Å². The van der Waals surface area contributed by atoms with Crippen LogP contribution in [-0.2, 0) is 11.3 Å². The van der Waals surface area contributed by atoms with Crippen molar-refractivity contribution in [3.8, 4) is 6.07 Å². The third-order valence-corrected chi connectivity index (χ3v) is 3.18. The third kappa shape index (κ3) is 4.78. The first-order valence-electron chi connectivity index (χ1n) is 6.10. The maximum atomic E-state index is 11.0. The molecular weight excluding hydrogens is 282 g/mol. The number of methoxy groups -OCH3 is 1. The Balaban J connectivity index is 2.91. The number of nitriles is 1. The first kappa shape index (κ1) is 16.4. The first-order valence-corrected chi connectivity index (χ1v) is 6.48. The van der Waals surface area contributed by atoms with E-state index in [0.717, 1.165) is 0 Å². The Labute approximate surface area is 122 Å². The maximum absolute atomic E-state index is 11.0. The van der Waals surface area contributed by atoms with Gasteiger partial charge in [0.05, 0.1) is 28.2 Å². The number of nitro groups is 1. The molecular formula is C13H16ClN3O3. The SMILES string of the molecule is COCCN(CCC#N)Cc1c(Cl)cccc1[N+](=O)[O-]. The minimum absolute atomic E-state index is 0.00289. The van der Waals surface area contributed by atoms with Crippen molar-refractivity contribution in [1.82, 2.24) is 4.90 Å². The van der Waals surface area contributed by atoms with Crippen molar-refractivity contribution in [3.63, 3.8) is 0 Å². The lowest BCUT2D eigenvalue weighted by atomic mass is 10.1. The molecule has 1 rings (SSSR count). The molecule has 1 aromatic rings. The molecule has 0 spiro atoms. The molecule has 0 aliphatic rings. The molecule has 0 aliphatic carbocycles. The molecule has 7 heteroatoms. The molecule has 1 aromatic carbocycles. The fourth-order valence-electron chi connectivity index (χ4n) is 1.80. The quantitative estimate of drug-likeness (QED) is 0.544. The number of nitro benzene ring substituents is 1. The lowest BCUT2D eigenvalue weighted by molar-refractivity contribution is -0.385. The summed E-state index contributed by atoms with van der Waals surface area (Å²) in [5.41, 5.74) is 0.463. The van der Waals surface area contributed by atoms with Gasteiger partial charge in [-0.3, -0.25) is 15.0 Å². The maximum Gasteiger partial charge on any atom is 0.275 e. The Morgan fingerprint density at radius 3 is 2.85 bits per heavy atom. The minimum atomic E-state index is -0.444. The molecule has 0 amide bonds. The predicted octanol–water partition coefficient (Wildman–Crippen LogP) is 2.61. The van der Waals surface area contributed by atoms with Gasteiger partial charge < -0.3 is 4.74 Å². The van der Waals surface area contributed by atoms with Crippen molar-refractivity contribution in [3.05, 3.63) is 38.9 Å². The van der Waals surface area contributed by atoms with E-state index in [1.165, 1.54) is 6.07 Å². The number of hydrogen-bond donors (Lipinski definition) is 0. The van der Waals surface area contributed by atoms with Gasteiger partial charge in [-0.05, 0) is 6.07 Å². The highest BCUT2D eigenvalue weighted by Crippen LogP contribution is 2.27. The molecule has 0 saturated carbocycles. The summed E-state index contributed by atoms with van der Waals surface area (Å²) in [4.78, 5) is 12.5. The van der Waals surface area contributed by atoms with Crippen molar-refractivity contribution in [2.75, 3.05) is 26.8 Å². The molecule has 0 fully saturated rings. The highest BCUT2D eigenvalue weighted by molar-refractivity contribution is 6.31. The molecule has 0 radical (unpaired) electrons. The van der Waals surface area contributed by atoms with Gasteiger partial charge >= 0.3 is 0 Å². The summed E-state index contributed by atoms with van der Waals surface area (Å²) in [5.74, 6) is 0. The van der Waals surface area contributed by atoms with Crippen LogP contribution in [0.4, 0.5) is 5.69 Å². The standard InChI is InChI=1S/C13H16ClN3O3/c1-20-9-8-16(7-3-6-15)10-11-12(14)4-2-5-13(11)17(18)19/h2,4-5H,3,7-10H2,1H3. The van der Waals surface area contributed by atoms with Crippen LogP contribution < -0.4 is 0 Å². The topological polar surface area (TPSA) is 79.4 Å². The van der Waals surface area contributed by atoms with E-state index in [0.29, 0.717) is 43.2 Å². The number of ether oxygens (including phenoxy) is 1. The fourth-order valence-corrected chi connectivity index (χ4v) is 2.03. The molecule has 0 aliphatic heterocycles. The zero-order valence-corrected chi connectivity index (χ0v) is 12.0. The van der Waals surface area contributed by atoms with Crippen LogP contribution in [0.25, 0.3) is 0 Å². The molecule has 0 atom stereocenters. The smallest absolute Gasteiger partial charge is 0.275 e. The minimum Gasteiger partial charge on any atom is -0.383 e. The zero-order chi connectivity index (χ0) is 15.0. The molecule has 108 valence electrons. The van der Waals surface area contributed by atoms with E-state index in [9.17, 15) is 10.1 Å². The lowest BCUT2D eigenvalue weighted by Crippen LogP contribution is -2.28. The number of halogens is 1. The first-order chi connectivity index (χ1) is 9.60. The van der Waals surface area contributed by atoms with Crippen LogP contribution in [0.5, 0.6) is 0 Å². The van der Waals surface area contributed by atoms with E-state index in [1.807, 2.05) is 4.90 Å². The van der Waals surface area contributed by atoms with E-state index in [2.05, 4.69) is 6.07 Å². The van der Waals surface area contributed by atoms with Crippen molar-refractivity contribution in [1.29, 1.82) is 5.26 Å². The lowest BCUT2D eigenvalue weighted by Gasteiger charge is -2.21. The second-order valence-corrected chi connectivity index (χ2v) is 4.58. The largest absolute Gasteiger partial charge is 0.383 e. The van der Waals surface area contributed by atoms with Crippen LogP contribution in [0.2, 0.25) is 5.02 Å². The van der Waals surface area contributed by atoms with Gasteiger partial charge in [0.25, 0.3) is 5.69 Å². The summed E-state index contributed by atoms with van der Waals surface area (Å²) in [7, 11) is 1.58. The fraction of sp³-hybridized carbons (Fsp3) is 0.462. The summed E-state index contributed by atoms with van der Waals surface area (Å²) in [6, 6.07) is 6.68. The highest BCUT2D eigenvalue weighted by atomic mass is 35.5. The highest BCUT2D eigenvalue weighted by Gasteiger charge is 2.19. The normalized spacial score (nSPS) is 10.5. The Morgan fingerprint density at radius 1 is 1.50 bits per heavy atom. The predicted molar refractivity (Wildman–Crippen MR) is 75.5 cm³/mol. The van der Waals surface area contributed by atoms with Gasteiger partial charge in [0.1, 0.15) is 0 Å². The van der Waals surface area contributed by atoms with Crippen molar-refractivity contribution in [2.45, 2.75) is 13.0 Å². The van der Waals surface area contributed by atoms with E-state index < -0.39 is 4.92 Å². The van der Waals surface area contributed by atoms with Gasteiger partial charge in [-0.25, -0.2) is 0 Å². The Kier molecular flexibility index (Phi) is 6.94. The molecule has 0 heterocycles. The average Bonchev–Trinajstić information content (AvgIpc) is 2.43. The average molecular weight is 298 g/mol. The third-order valence-electron chi connectivity index (χ3n) is 2.82. The van der Waals surface area contributed by atoms with Crippen LogP contribution in [-0.4, -0.2) is 36.6 Å². The Morgan fingerprint density at radius 2 is 2.25 bits per heavy atom. The van der Waals surface area contributed by atoms with E-state index in [4.69, 9.17) is 21.6 Å². The number of benzene rings is 1. The summed E-state index contributed by atoms with van der Waals surface area (Å²) in [5, 5.41) is 20.1.